The number of hydrogen-bond donors (Lipinski definition) is 3. The first-order valence-electron chi connectivity index (χ1n) is 9.06. The van der Waals surface area contributed by atoms with Crippen molar-refractivity contribution in [3.05, 3.63) is 83.0 Å². The van der Waals surface area contributed by atoms with Gasteiger partial charge in [0.25, 0.3) is 0 Å². The molecular weight excluding hydrogens is 395 g/mol. The number of fused-ring (bicyclic) bond motifs is 1. The number of para-hydroxylation sites is 1. The Balaban J connectivity index is 1.45. The summed E-state index contributed by atoms with van der Waals surface area (Å²) in [5.41, 5.74) is 2.55. The first-order chi connectivity index (χ1) is 14.0. The lowest BCUT2D eigenvalue weighted by Crippen LogP contribution is -2.37. The van der Waals surface area contributed by atoms with E-state index in [9.17, 15) is 14.3 Å². The highest BCUT2D eigenvalue weighted by Gasteiger charge is 2.20. The van der Waals surface area contributed by atoms with Gasteiger partial charge in [0.15, 0.2) is 0 Å². The molecule has 2 aromatic heterocycles. The minimum absolute atomic E-state index is 0.0169. The number of benzene rings is 2. The Morgan fingerprint density at radius 1 is 1.21 bits per heavy atom. The van der Waals surface area contributed by atoms with E-state index in [4.69, 9.17) is 16.0 Å². The minimum atomic E-state index is -0.938. The maximum atomic E-state index is 13.3. The topological polar surface area (TPSA) is 78.3 Å². The van der Waals surface area contributed by atoms with E-state index in [1.54, 1.807) is 18.2 Å². The molecule has 2 aromatic carbocycles. The first-order valence-corrected chi connectivity index (χ1v) is 9.44. The van der Waals surface area contributed by atoms with Crippen LogP contribution in [-0.4, -0.2) is 22.1 Å². The van der Waals surface area contributed by atoms with E-state index in [1.165, 1.54) is 12.1 Å². The molecule has 5 nitrogen and oxygen atoms in total. The minimum Gasteiger partial charge on any atom is -0.480 e. The van der Waals surface area contributed by atoms with Gasteiger partial charge in [-0.1, -0.05) is 29.8 Å². The second-order valence-corrected chi connectivity index (χ2v) is 7.14. The quantitative estimate of drug-likeness (QED) is 0.399. The van der Waals surface area contributed by atoms with Crippen molar-refractivity contribution < 1.29 is 18.7 Å². The molecule has 0 unspecified atom stereocenters. The summed E-state index contributed by atoms with van der Waals surface area (Å²) in [5.74, 6) is -0.323. The lowest BCUT2D eigenvalue weighted by atomic mass is 10.0. The number of carboxylic acid groups (broad SMARTS) is 1. The number of furan rings is 1. The summed E-state index contributed by atoms with van der Waals surface area (Å²) < 4.78 is 19.1. The average Bonchev–Trinajstić information content (AvgIpc) is 3.34. The van der Waals surface area contributed by atoms with E-state index in [2.05, 4.69) is 10.3 Å². The van der Waals surface area contributed by atoms with E-state index in [1.807, 2.05) is 30.5 Å². The summed E-state index contributed by atoms with van der Waals surface area (Å²) in [5, 5.41) is 13.7. The number of halogens is 2. The van der Waals surface area contributed by atoms with Crippen LogP contribution in [0, 0.1) is 5.82 Å². The normalized spacial score (nSPS) is 12.3. The molecule has 2 heterocycles. The fraction of sp³-hybridized carbons (Fsp3) is 0.136. The first kappa shape index (κ1) is 19.2. The van der Waals surface area contributed by atoms with Gasteiger partial charge in [-0.2, -0.15) is 0 Å². The molecule has 0 aliphatic heterocycles. The second-order valence-electron chi connectivity index (χ2n) is 6.73. The van der Waals surface area contributed by atoms with Crippen LogP contribution in [0.4, 0.5) is 4.39 Å². The molecule has 0 spiro atoms. The molecular formula is C22H18ClFN2O3. The zero-order valence-corrected chi connectivity index (χ0v) is 16.0. The number of hydrogen-bond acceptors (Lipinski definition) is 3. The van der Waals surface area contributed by atoms with Crippen molar-refractivity contribution in [3.63, 3.8) is 0 Å². The van der Waals surface area contributed by atoms with Crippen LogP contribution in [0.3, 0.4) is 0 Å². The van der Waals surface area contributed by atoms with Crippen LogP contribution < -0.4 is 5.32 Å². The van der Waals surface area contributed by atoms with Crippen molar-refractivity contribution in [2.75, 3.05) is 0 Å². The Morgan fingerprint density at radius 2 is 2.03 bits per heavy atom. The van der Waals surface area contributed by atoms with Crippen molar-refractivity contribution >= 4 is 28.5 Å². The number of aliphatic carboxylic acids is 1. The van der Waals surface area contributed by atoms with E-state index < -0.39 is 17.8 Å². The fourth-order valence-electron chi connectivity index (χ4n) is 3.27. The van der Waals surface area contributed by atoms with Crippen molar-refractivity contribution in [2.24, 2.45) is 0 Å². The van der Waals surface area contributed by atoms with Gasteiger partial charge in [0.2, 0.25) is 0 Å². The summed E-state index contributed by atoms with van der Waals surface area (Å²) in [6, 6.07) is 14.8. The monoisotopic (exact) mass is 412 g/mol. The van der Waals surface area contributed by atoms with Gasteiger partial charge >= 0.3 is 5.97 Å². The van der Waals surface area contributed by atoms with Crippen molar-refractivity contribution in [2.45, 2.75) is 19.0 Å². The van der Waals surface area contributed by atoms with Gasteiger partial charge in [-0.3, -0.25) is 10.1 Å². The maximum absolute atomic E-state index is 13.3. The Labute approximate surface area is 171 Å². The number of H-pyrrole nitrogens is 1. The highest BCUT2D eigenvalue weighted by Crippen LogP contribution is 2.26. The average molecular weight is 413 g/mol. The van der Waals surface area contributed by atoms with Crippen LogP contribution in [0.2, 0.25) is 5.02 Å². The van der Waals surface area contributed by atoms with Gasteiger partial charge in [-0.05, 0) is 42.0 Å². The Hall–Kier alpha value is -3.09. The molecule has 0 aliphatic rings. The highest BCUT2D eigenvalue weighted by atomic mass is 35.5. The molecule has 4 aromatic rings. The Morgan fingerprint density at radius 3 is 2.83 bits per heavy atom. The Bertz CT molecular complexity index is 1170. The number of aromatic nitrogens is 1. The molecule has 0 saturated carbocycles. The van der Waals surface area contributed by atoms with Crippen LogP contribution >= 0.6 is 11.6 Å². The van der Waals surface area contributed by atoms with Crippen LogP contribution in [0.15, 0.2) is 65.2 Å². The lowest BCUT2D eigenvalue weighted by Gasteiger charge is -2.13. The van der Waals surface area contributed by atoms with Gasteiger partial charge in [0.05, 0.1) is 11.6 Å². The predicted molar refractivity (Wildman–Crippen MR) is 109 cm³/mol. The third-order valence-electron chi connectivity index (χ3n) is 4.79. The maximum Gasteiger partial charge on any atom is 0.321 e. The molecule has 29 heavy (non-hydrogen) atoms. The number of aromatic amines is 1. The summed E-state index contributed by atoms with van der Waals surface area (Å²) in [4.78, 5) is 14.9. The summed E-state index contributed by atoms with van der Waals surface area (Å²) >= 11 is 5.82. The third kappa shape index (κ3) is 4.18. The van der Waals surface area contributed by atoms with Gasteiger partial charge < -0.3 is 14.5 Å². The number of carboxylic acids is 1. The van der Waals surface area contributed by atoms with Gasteiger partial charge in [0.1, 0.15) is 23.4 Å². The molecule has 1 atom stereocenters. The number of rotatable bonds is 7. The zero-order valence-electron chi connectivity index (χ0n) is 15.3. The van der Waals surface area contributed by atoms with Gasteiger partial charge in [-0.25, -0.2) is 4.39 Å². The molecule has 3 N–H and O–H groups in total. The van der Waals surface area contributed by atoms with Crippen molar-refractivity contribution in [1.29, 1.82) is 0 Å². The number of nitrogens with one attached hydrogen (secondary N) is 2. The molecule has 0 amide bonds. The molecule has 0 radical (unpaired) electrons. The summed E-state index contributed by atoms with van der Waals surface area (Å²) in [6.07, 6.45) is 2.17. The molecule has 7 heteroatoms. The van der Waals surface area contributed by atoms with E-state index in [0.29, 0.717) is 23.5 Å². The zero-order chi connectivity index (χ0) is 20.4. The van der Waals surface area contributed by atoms with Crippen LogP contribution in [0.5, 0.6) is 0 Å². The smallest absolute Gasteiger partial charge is 0.321 e. The molecule has 148 valence electrons. The SMILES string of the molecule is O=C(O)[C@@H](Cc1c[nH]c2ccccc12)NCc1ccc(-c2ccc(F)c(Cl)c2)o1. The molecule has 0 bridgehead atoms. The van der Waals surface area contributed by atoms with Crippen LogP contribution in [0.1, 0.15) is 11.3 Å². The Kier molecular flexibility index (Phi) is 5.38. The van der Waals surface area contributed by atoms with Gasteiger partial charge in [0, 0.05) is 29.1 Å². The van der Waals surface area contributed by atoms with Crippen LogP contribution in [0.25, 0.3) is 22.2 Å². The van der Waals surface area contributed by atoms with Crippen molar-refractivity contribution in [1.82, 2.24) is 10.3 Å². The van der Waals surface area contributed by atoms with Gasteiger partial charge in [-0.15, -0.1) is 0 Å². The summed E-state index contributed by atoms with van der Waals surface area (Å²) in [7, 11) is 0. The van der Waals surface area contributed by atoms with Crippen LogP contribution in [-0.2, 0) is 17.8 Å². The standard InChI is InChI=1S/C22H18ClFN2O3/c23-17-9-13(5-7-18(17)24)21-8-6-15(29-21)12-26-20(22(27)28)10-14-11-25-19-4-2-1-3-16(14)19/h1-9,11,20,25-26H,10,12H2,(H,27,28)/t20-/m1/s1. The fourth-order valence-corrected chi connectivity index (χ4v) is 3.45. The van der Waals surface area contributed by atoms with E-state index in [0.717, 1.165) is 16.5 Å². The predicted octanol–water partition coefficient (Wildman–Crippen LogP) is 5.01. The van der Waals surface area contributed by atoms with Crippen molar-refractivity contribution in [3.8, 4) is 11.3 Å². The molecule has 0 aliphatic carbocycles. The highest BCUT2D eigenvalue weighted by molar-refractivity contribution is 6.31. The second kappa shape index (κ2) is 8.11. The largest absolute Gasteiger partial charge is 0.480 e. The summed E-state index contributed by atoms with van der Waals surface area (Å²) in [6.45, 7) is 0.244. The van der Waals surface area contributed by atoms with E-state index >= 15 is 0 Å². The van der Waals surface area contributed by atoms with E-state index in [-0.39, 0.29) is 11.6 Å². The molecule has 0 saturated heterocycles. The number of carbonyl (C=O) groups is 1. The molecule has 4 rings (SSSR count). The third-order valence-corrected chi connectivity index (χ3v) is 5.08. The molecule has 0 fully saturated rings. The lowest BCUT2D eigenvalue weighted by molar-refractivity contribution is -0.139.